The maximum atomic E-state index is 12.3. The Kier molecular flexibility index (Phi) is 5.49. The smallest absolute Gasteiger partial charge is 0.274 e. The summed E-state index contributed by atoms with van der Waals surface area (Å²) in [6.07, 6.45) is 0. The molecule has 1 heterocycles. The highest BCUT2D eigenvalue weighted by molar-refractivity contribution is 9.10. The number of anilines is 2. The van der Waals surface area contributed by atoms with Gasteiger partial charge in [-0.3, -0.25) is 4.79 Å². The Labute approximate surface area is 138 Å². The van der Waals surface area contributed by atoms with E-state index in [9.17, 15) is 4.79 Å². The Morgan fingerprint density at radius 2 is 1.91 bits per heavy atom. The lowest BCUT2D eigenvalue weighted by Gasteiger charge is -2.10. The molecule has 0 aliphatic heterocycles. The monoisotopic (exact) mass is 362 g/mol. The van der Waals surface area contributed by atoms with Gasteiger partial charge < -0.3 is 10.6 Å². The minimum atomic E-state index is -0.250. The predicted molar refractivity (Wildman–Crippen MR) is 92.2 cm³/mol. The molecule has 2 rings (SSSR count). The first kappa shape index (κ1) is 16.4. The molecule has 0 saturated heterocycles. The predicted octanol–water partition coefficient (Wildman–Crippen LogP) is 3.87. The topological polar surface area (TPSA) is 66.9 Å². The highest BCUT2D eigenvalue weighted by atomic mass is 79.9. The molecular weight excluding hydrogens is 344 g/mol. The van der Waals surface area contributed by atoms with Crippen LogP contribution in [0.2, 0.25) is 0 Å². The molecule has 0 atom stereocenters. The number of nitrogens with zero attached hydrogens (tertiary/aromatic N) is 2. The van der Waals surface area contributed by atoms with Crippen LogP contribution >= 0.6 is 15.9 Å². The highest BCUT2D eigenvalue weighted by Crippen LogP contribution is 2.15. The molecule has 0 aliphatic carbocycles. The molecule has 0 saturated carbocycles. The van der Waals surface area contributed by atoms with Crippen LogP contribution < -0.4 is 10.6 Å². The number of aromatic nitrogens is 2. The van der Waals surface area contributed by atoms with Gasteiger partial charge in [0.05, 0.1) is 0 Å². The van der Waals surface area contributed by atoms with Crippen molar-refractivity contribution in [1.82, 2.24) is 9.97 Å². The molecule has 2 aromatic rings. The zero-order chi connectivity index (χ0) is 16.1. The number of nitrogens with one attached hydrogen (secondary N) is 2. The molecule has 0 radical (unpaired) electrons. The third-order valence-corrected chi connectivity index (χ3v) is 3.39. The van der Waals surface area contributed by atoms with Crippen LogP contribution in [0.15, 0.2) is 34.8 Å². The van der Waals surface area contributed by atoms with Gasteiger partial charge in [0, 0.05) is 22.8 Å². The van der Waals surface area contributed by atoms with Gasteiger partial charge in [0.15, 0.2) is 0 Å². The Morgan fingerprint density at radius 1 is 1.23 bits per heavy atom. The molecule has 1 aromatic carbocycles. The standard InChI is InChI=1S/C16H19BrN4O/c1-10(2)9-18-15-8-14(19-11(3)20-15)16(22)21-13-6-4-12(17)5-7-13/h4-8,10H,9H2,1-3H3,(H,21,22)(H,18,19,20). The van der Waals surface area contributed by atoms with E-state index < -0.39 is 0 Å². The summed E-state index contributed by atoms with van der Waals surface area (Å²) in [7, 11) is 0. The van der Waals surface area contributed by atoms with Crippen LogP contribution in [0.1, 0.15) is 30.2 Å². The van der Waals surface area contributed by atoms with Crippen LogP contribution in [0.25, 0.3) is 0 Å². The van der Waals surface area contributed by atoms with Crippen molar-refractivity contribution in [1.29, 1.82) is 0 Å². The van der Waals surface area contributed by atoms with Crippen molar-refractivity contribution in [2.24, 2.45) is 5.92 Å². The molecule has 0 spiro atoms. The lowest BCUT2D eigenvalue weighted by atomic mass is 10.2. The lowest BCUT2D eigenvalue weighted by molar-refractivity contribution is 0.102. The largest absolute Gasteiger partial charge is 0.370 e. The number of aryl methyl sites for hydroxylation is 1. The second-order valence-corrected chi connectivity index (χ2v) is 6.34. The fraction of sp³-hybridized carbons (Fsp3) is 0.312. The van der Waals surface area contributed by atoms with Crippen molar-refractivity contribution >= 4 is 33.3 Å². The number of carbonyl (C=O) groups excluding carboxylic acids is 1. The van der Waals surface area contributed by atoms with Crippen LogP contribution in [-0.2, 0) is 0 Å². The van der Waals surface area contributed by atoms with E-state index in [0.717, 1.165) is 16.7 Å². The Bertz CT molecular complexity index is 656. The summed E-state index contributed by atoms with van der Waals surface area (Å²) in [5.41, 5.74) is 1.07. The van der Waals surface area contributed by atoms with Crippen LogP contribution in [0, 0.1) is 12.8 Å². The molecule has 22 heavy (non-hydrogen) atoms. The lowest BCUT2D eigenvalue weighted by Crippen LogP contribution is -2.16. The zero-order valence-corrected chi connectivity index (χ0v) is 14.4. The maximum absolute atomic E-state index is 12.3. The average molecular weight is 363 g/mol. The van der Waals surface area contributed by atoms with Crippen molar-refractivity contribution < 1.29 is 4.79 Å². The van der Waals surface area contributed by atoms with Crippen LogP contribution in [0.4, 0.5) is 11.5 Å². The number of rotatable bonds is 5. The van der Waals surface area contributed by atoms with Gasteiger partial charge in [-0.05, 0) is 37.1 Å². The Hall–Kier alpha value is -1.95. The molecule has 116 valence electrons. The number of carbonyl (C=O) groups is 1. The Morgan fingerprint density at radius 3 is 2.55 bits per heavy atom. The van der Waals surface area contributed by atoms with Gasteiger partial charge in [-0.25, -0.2) is 9.97 Å². The second kappa shape index (κ2) is 7.35. The van der Waals surface area contributed by atoms with Crippen molar-refractivity contribution in [3.63, 3.8) is 0 Å². The van der Waals surface area contributed by atoms with E-state index >= 15 is 0 Å². The third kappa shape index (κ3) is 4.80. The summed E-state index contributed by atoms with van der Waals surface area (Å²) < 4.78 is 0.962. The van der Waals surface area contributed by atoms with Gasteiger partial charge in [-0.1, -0.05) is 29.8 Å². The maximum Gasteiger partial charge on any atom is 0.274 e. The molecule has 5 nitrogen and oxygen atoms in total. The molecule has 0 aliphatic rings. The minimum Gasteiger partial charge on any atom is -0.370 e. The minimum absolute atomic E-state index is 0.250. The van der Waals surface area contributed by atoms with Gasteiger partial charge >= 0.3 is 0 Å². The molecule has 0 unspecified atom stereocenters. The van der Waals surface area contributed by atoms with Crippen LogP contribution in [-0.4, -0.2) is 22.4 Å². The average Bonchev–Trinajstić information content (AvgIpc) is 2.47. The summed E-state index contributed by atoms with van der Waals surface area (Å²) in [6, 6.07) is 9.07. The molecular formula is C16H19BrN4O. The van der Waals surface area contributed by atoms with E-state index in [1.165, 1.54) is 0 Å². The van der Waals surface area contributed by atoms with E-state index in [2.05, 4.69) is 50.4 Å². The summed E-state index contributed by atoms with van der Waals surface area (Å²) >= 11 is 3.36. The van der Waals surface area contributed by atoms with Gasteiger partial charge in [-0.15, -0.1) is 0 Å². The summed E-state index contributed by atoms with van der Waals surface area (Å²) in [6.45, 7) is 6.80. The van der Waals surface area contributed by atoms with Crippen LogP contribution in [0.3, 0.4) is 0 Å². The zero-order valence-electron chi connectivity index (χ0n) is 12.9. The summed E-state index contributed by atoms with van der Waals surface area (Å²) in [5, 5.41) is 6.04. The fourth-order valence-electron chi connectivity index (χ4n) is 1.81. The van der Waals surface area contributed by atoms with Crippen molar-refractivity contribution in [2.45, 2.75) is 20.8 Å². The molecule has 1 aromatic heterocycles. The first-order chi connectivity index (χ1) is 10.4. The summed E-state index contributed by atoms with van der Waals surface area (Å²) in [5.74, 6) is 1.48. The van der Waals surface area contributed by atoms with Crippen LogP contribution in [0.5, 0.6) is 0 Å². The van der Waals surface area contributed by atoms with E-state index in [4.69, 9.17) is 0 Å². The van der Waals surface area contributed by atoms with Gasteiger partial charge in [0.25, 0.3) is 5.91 Å². The van der Waals surface area contributed by atoms with Gasteiger partial charge in [0.2, 0.25) is 0 Å². The third-order valence-electron chi connectivity index (χ3n) is 2.86. The fourth-order valence-corrected chi connectivity index (χ4v) is 2.08. The van der Waals surface area contributed by atoms with Gasteiger partial charge in [-0.2, -0.15) is 0 Å². The quantitative estimate of drug-likeness (QED) is 0.846. The van der Waals surface area contributed by atoms with E-state index in [1.807, 2.05) is 24.3 Å². The molecule has 1 amide bonds. The highest BCUT2D eigenvalue weighted by Gasteiger charge is 2.11. The number of benzene rings is 1. The second-order valence-electron chi connectivity index (χ2n) is 5.42. The molecule has 0 fully saturated rings. The number of amides is 1. The van der Waals surface area contributed by atoms with E-state index in [0.29, 0.717) is 23.3 Å². The van der Waals surface area contributed by atoms with Gasteiger partial charge in [0.1, 0.15) is 17.3 Å². The number of halogens is 1. The Balaban J connectivity index is 2.13. The van der Waals surface area contributed by atoms with E-state index in [1.54, 1.807) is 13.0 Å². The van der Waals surface area contributed by atoms with Crippen molar-refractivity contribution in [2.75, 3.05) is 17.2 Å². The van der Waals surface area contributed by atoms with E-state index in [-0.39, 0.29) is 5.91 Å². The molecule has 2 N–H and O–H groups in total. The number of hydrogen-bond donors (Lipinski definition) is 2. The normalized spacial score (nSPS) is 10.6. The molecule has 0 bridgehead atoms. The molecule has 6 heteroatoms. The SMILES string of the molecule is Cc1nc(NCC(C)C)cc(C(=O)Nc2ccc(Br)cc2)n1. The van der Waals surface area contributed by atoms with Crippen molar-refractivity contribution in [3.8, 4) is 0 Å². The first-order valence-corrected chi connectivity index (χ1v) is 7.90. The number of hydrogen-bond acceptors (Lipinski definition) is 4. The first-order valence-electron chi connectivity index (χ1n) is 7.10. The van der Waals surface area contributed by atoms with Crippen molar-refractivity contribution in [3.05, 3.63) is 46.3 Å². The summed E-state index contributed by atoms with van der Waals surface area (Å²) in [4.78, 5) is 20.8.